The fourth-order valence-corrected chi connectivity index (χ4v) is 2.29. The minimum Gasteiger partial charge on any atom is -0.388 e. The molecule has 21 heavy (non-hydrogen) atoms. The van der Waals surface area contributed by atoms with E-state index in [0.29, 0.717) is 5.41 Å². The minimum absolute atomic E-state index is 0.204. The van der Waals surface area contributed by atoms with Gasteiger partial charge in [0.1, 0.15) is 0 Å². The Hall–Kier alpha value is -0.500. The zero-order valence-electron chi connectivity index (χ0n) is 15.6. The quantitative estimate of drug-likeness (QED) is 0.509. The summed E-state index contributed by atoms with van der Waals surface area (Å²) in [6, 6.07) is 0. The van der Waals surface area contributed by atoms with Gasteiger partial charge in [-0.2, -0.15) is 0 Å². The van der Waals surface area contributed by atoms with E-state index < -0.39 is 0 Å². The topological polar surface area (TPSA) is 24.1 Å². The zero-order chi connectivity index (χ0) is 16.4. The summed E-state index contributed by atoms with van der Waals surface area (Å²) in [6.45, 7) is 19.7. The Labute approximate surface area is 134 Å². The molecule has 0 aromatic heterocycles. The molecule has 0 amide bonds. The van der Waals surface area contributed by atoms with E-state index in [-0.39, 0.29) is 5.54 Å². The van der Waals surface area contributed by atoms with Gasteiger partial charge in [0.2, 0.25) is 0 Å². The van der Waals surface area contributed by atoms with Gasteiger partial charge in [0.15, 0.2) is 0 Å². The van der Waals surface area contributed by atoms with Crippen LogP contribution in [-0.4, -0.2) is 18.6 Å². The Bertz CT molecular complexity index is 268. The number of hydrogen-bond donors (Lipinski definition) is 2. The summed E-state index contributed by atoms with van der Waals surface area (Å²) >= 11 is 0. The molecular formula is C19H40N2. The van der Waals surface area contributed by atoms with Gasteiger partial charge in [0.25, 0.3) is 0 Å². The fraction of sp³-hybridized carbons (Fsp3) is 0.895. The highest BCUT2D eigenvalue weighted by Gasteiger charge is 2.09. The van der Waals surface area contributed by atoms with Crippen LogP contribution >= 0.6 is 0 Å². The SMILES string of the molecule is C=C(CCCCCCCC(C)(C)C)NCCNC(C)(C)C. The van der Waals surface area contributed by atoms with E-state index in [1.165, 1.54) is 44.2 Å². The number of unbranched alkanes of at least 4 members (excludes halogenated alkanes) is 4. The van der Waals surface area contributed by atoms with Crippen molar-refractivity contribution >= 4 is 0 Å². The van der Waals surface area contributed by atoms with Gasteiger partial charge in [-0.3, -0.25) is 0 Å². The highest BCUT2D eigenvalue weighted by molar-refractivity contribution is 4.90. The summed E-state index contributed by atoms with van der Waals surface area (Å²) in [6.07, 6.45) is 9.21. The summed E-state index contributed by atoms with van der Waals surface area (Å²) in [5, 5.41) is 6.90. The van der Waals surface area contributed by atoms with E-state index in [9.17, 15) is 0 Å². The van der Waals surface area contributed by atoms with E-state index >= 15 is 0 Å². The van der Waals surface area contributed by atoms with Crippen molar-refractivity contribution in [2.45, 2.75) is 92.0 Å². The summed E-state index contributed by atoms with van der Waals surface area (Å²) in [5.74, 6) is 0. The molecule has 0 atom stereocenters. The van der Waals surface area contributed by atoms with E-state index in [1.54, 1.807) is 0 Å². The molecule has 0 aliphatic rings. The Morgan fingerprint density at radius 3 is 1.95 bits per heavy atom. The standard InChI is InChI=1S/C19H40N2/c1-17(20-15-16-21-19(5,6)7)13-11-9-8-10-12-14-18(2,3)4/h20-21H,1,8-16H2,2-7H3. The predicted molar refractivity (Wildman–Crippen MR) is 96.7 cm³/mol. The molecule has 0 radical (unpaired) electrons. The maximum Gasteiger partial charge on any atom is 0.0269 e. The largest absolute Gasteiger partial charge is 0.388 e. The molecule has 0 spiro atoms. The zero-order valence-corrected chi connectivity index (χ0v) is 15.6. The van der Waals surface area contributed by atoms with Crippen molar-refractivity contribution < 1.29 is 0 Å². The van der Waals surface area contributed by atoms with Crippen molar-refractivity contribution in [2.75, 3.05) is 13.1 Å². The average molecular weight is 297 g/mol. The predicted octanol–water partition coefficient (Wildman–Crippen LogP) is 5.25. The maximum absolute atomic E-state index is 4.12. The third-order valence-corrected chi connectivity index (χ3v) is 3.56. The molecule has 0 aromatic carbocycles. The Kier molecular flexibility index (Phi) is 10.0. The Morgan fingerprint density at radius 2 is 1.38 bits per heavy atom. The monoisotopic (exact) mass is 296 g/mol. The summed E-state index contributed by atoms with van der Waals surface area (Å²) in [5.41, 5.74) is 1.90. The molecule has 0 rings (SSSR count). The Morgan fingerprint density at radius 1 is 0.810 bits per heavy atom. The van der Waals surface area contributed by atoms with Crippen LogP contribution in [0.1, 0.15) is 86.5 Å². The lowest BCUT2D eigenvalue weighted by Crippen LogP contribution is -2.39. The number of hydrogen-bond acceptors (Lipinski definition) is 2. The third-order valence-electron chi connectivity index (χ3n) is 3.56. The molecule has 0 aliphatic heterocycles. The lowest BCUT2D eigenvalue weighted by Gasteiger charge is -2.21. The minimum atomic E-state index is 0.204. The van der Waals surface area contributed by atoms with Crippen LogP contribution < -0.4 is 10.6 Å². The first-order valence-corrected chi connectivity index (χ1v) is 8.77. The molecule has 0 unspecified atom stereocenters. The van der Waals surface area contributed by atoms with Crippen molar-refractivity contribution in [3.05, 3.63) is 12.3 Å². The molecule has 0 aromatic rings. The summed E-state index contributed by atoms with van der Waals surface area (Å²) in [7, 11) is 0. The summed E-state index contributed by atoms with van der Waals surface area (Å²) in [4.78, 5) is 0. The molecule has 2 heteroatoms. The molecule has 0 saturated carbocycles. The number of rotatable bonds is 11. The first-order chi connectivity index (χ1) is 9.60. The van der Waals surface area contributed by atoms with Crippen LogP contribution in [0.25, 0.3) is 0 Å². The van der Waals surface area contributed by atoms with Crippen molar-refractivity contribution in [1.82, 2.24) is 10.6 Å². The van der Waals surface area contributed by atoms with Gasteiger partial charge < -0.3 is 10.6 Å². The molecule has 0 saturated heterocycles. The highest BCUT2D eigenvalue weighted by atomic mass is 15.0. The second-order valence-electron chi connectivity index (χ2n) is 8.54. The normalized spacial score (nSPS) is 12.5. The third kappa shape index (κ3) is 17.4. The molecule has 0 fully saturated rings. The molecule has 0 bridgehead atoms. The van der Waals surface area contributed by atoms with Gasteiger partial charge in [-0.15, -0.1) is 0 Å². The van der Waals surface area contributed by atoms with Crippen molar-refractivity contribution in [3.8, 4) is 0 Å². The smallest absolute Gasteiger partial charge is 0.0269 e. The molecule has 126 valence electrons. The Balaban J connectivity index is 3.35. The van der Waals surface area contributed by atoms with Gasteiger partial charge in [-0.1, -0.05) is 53.0 Å². The molecular weight excluding hydrogens is 256 g/mol. The van der Waals surface area contributed by atoms with E-state index in [1.807, 2.05) is 0 Å². The van der Waals surface area contributed by atoms with E-state index in [0.717, 1.165) is 19.5 Å². The fourth-order valence-electron chi connectivity index (χ4n) is 2.29. The van der Waals surface area contributed by atoms with Gasteiger partial charge in [-0.05, 0) is 45.4 Å². The van der Waals surface area contributed by atoms with Crippen molar-refractivity contribution in [1.29, 1.82) is 0 Å². The van der Waals surface area contributed by atoms with Crippen molar-refractivity contribution in [3.63, 3.8) is 0 Å². The van der Waals surface area contributed by atoms with E-state index in [4.69, 9.17) is 0 Å². The summed E-state index contributed by atoms with van der Waals surface area (Å²) < 4.78 is 0. The van der Waals surface area contributed by atoms with Crippen LogP contribution in [0.2, 0.25) is 0 Å². The number of allylic oxidation sites excluding steroid dienone is 1. The maximum atomic E-state index is 4.12. The number of nitrogens with one attached hydrogen (secondary N) is 2. The van der Waals surface area contributed by atoms with E-state index in [2.05, 4.69) is 58.8 Å². The van der Waals surface area contributed by atoms with Gasteiger partial charge in [0.05, 0.1) is 0 Å². The molecule has 0 aliphatic carbocycles. The second-order valence-corrected chi connectivity index (χ2v) is 8.54. The van der Waals surface area contributed by atoms with Gasteiger partial charge >= 0.3 is 0 Å². The molecule has 2 N–H and O–H groups in total. The lowest BCUT2D eigenvalue weighted by molar-refractivity contribution is 0.356. The van der Waals surface area contributed by atoms with Gasteiger partial charge in [-0.25, -0.2) is 0 Å². The highest BCUT2D eigenvalue weighted by Crippen LogP contribution is 2.22. The van der Waals surface area contributed by atoms with Crippen LogP contribution in [0.15, 0.2) is 12.3 Å². The van der Waals surface area contributed by atoms with Crippen LogP contribution in [0, 0.1) is 5.41 Å². The van der Waals surface area contributed by atoms with Gasteiger partial charge in [0, 0.05) is 24.3 Å². The molecule has 0 heterocycles. The average Bonchev–Trinajstić information content (AvgIpc) is 2.31. The van der Waals surface area contributed by atoms with Crippen LogP contribution in [0.5, 0.6) is 0 Å². The molecule has 2 nitrogen and oxygen atoms in total. The van der Waals surface area contributed by atoms with Crippen LogP contribution in [-0.2, 0) is 0 Å². The van der Waals surface area contributed by atoms with Crippen LogP contribution in [0.3, 0.4) is 0 Å². The first-order valence-electron chi connectivity index (χ1n) is 8.77. The second kappa shape index (κ2) is 10.3. The van der Waals surface area contributed by atoms with Crippen LogP contribution in [0.4, 0.5) is 0 Å². The lowest BCUT2D eigenvalue weighted by atomic mass is 9.89. The van der Waals surface area contributed by atoms with Crippen molar-refractivity contribution in [2.24, 2.45) is 5.41 Å². The first kappa shape index (κ1) is 20.5.